The first-order chi connectivity index (χ1) is 10.8. The highest BCUT2D eigenvalue weighted by Crippen LogP contribution is 2.17. The minimum absolute atomic E-state index is 0.667. The van der Waals surface area contributed by atoms with E-state index >= 15 is 0 Å². The lowest BCUT2D eigenvalue weighted by Crippen LogP contribution is -3.14. The van der Waals surface area contributed by atoms with E-state index in [1.54, 1.807) is 4.90 Å². The Kier molecular flexibility index (Phi) is 5.12. The van der Waals surface area contributed by atoms with Crippen molar-refractivity contribution in [2.45, 2.75) is 19.3 Å². The van der Waals surface area contributed by atoms with Crippen LogP contribution in [0.25, 0.3) is 0 Å². The fourth-order valence-electron chi connectivity index (χ4n) is 3.34. The van der Waals surface area contributed by atoms with Crippen LogP contribution in [0, 0.1) is 0 Å². The average Bonchev–Trinajstić information content (AvgIpc) is 2.61. The van der Waals surface area contributed by atoms with Crippen LogP contribution < -0.4 is 9.80 Å². The van der Waals surface area contributed by atoms with Crippen LogP contribution in [-0.2, 0) is 0 Å². The molecule has 0 bridgehead atoms. The summed E-state index contributed by atoms with van der Waals surface area (Å²) in [5.74, 6) is 0.667. The normalized spacial score (nSPS) is 17.4. The van der Waals surface area contributed by atoms with Gasteiger partial charge in [-0.05, 0) is 23.6 Å². The van der Waals surface area contributed by atoms with Gasteiger partial charge in [-0.15, -0.1) is 0 Å². The van der Waals surface area contributed by atoms with Crippen LogP contribution in [0.15, 0.2) is 60.7 Å². The summed E-state index contributed by atoms with van der Waals surface area (Å²) in [7, 11) is 0. The third-order valence-electron chi connectivity index (χ3n) is 4.89. The molecule has 1 saturated heterocycles. The molecule has 0 aliphatic carbocycles. The van der Waals surface area contributed by atoms with Gasteiger partial charge < -0.3 is 9.80 Å². The Hall–Kier alpha value is -1.80. The molecule has 22 heavy (non-hydrogen) atoms. The lowest BCUT2D eigenvalue weighted by molar-refractivity contribution is -0.901. The van der Waals surface area contributed by atoms with Crippen molar-refractivity contribution in [3.05, 3.63) is 66.2 Å². The molecule has 3 rings (SSSR count). The van der Waals surface area contributed by atoms with Crippen LogP contribution >= 0.6 is 0 Å². The smallest absolute Gasteiger partial charge is 0.0949 e. The maximum atomic E-state index is 2.52. The summed E-state index contributed by atoms with van der Waals surface area (Å²) in [6.45, 7) is 8.53. The lowest BCUT2D eigenvalue weighted by atomic mass is 9.97. The van der Waals surface area contributed by atoms with Gasteiger partial charge in [0.15, 0.2) is 0 Å². The summed E-state index contributed by atoms with van der Waals surface area (Å²) in [4.78, 5) is 4.28. The topological polar surface area (TPSA) is 7.68 Å². The second-order valence-electron chi connectivity index (χ2n) is 6.42. The quantitative estimate of drug-likeness (QED) is 0.891. The molecule has 2 nitrogen and oxygen atoms in total. The number of rotatable bonds is 5. The zero-order valence-corrected chi connectivity index (χ0v) is 13.5. The molecular weight excluding hydrogens is 268 g/mol. The molecule has 1 atom stereocenters. The van der Waals surface area contributed by atoms with E-state index in [4.69, 9.17) is 0 Å². The van der Waals surface area contributed by atoms with Crippen LogP contribution in [0.4, 0.5) is 5.69 Å². The highest BCUT2D eigenvalue weighted by atomic mass is 15.3. The number of quaternary nitrogens is 1. The lowest BCUT2D eigenvalue weighted by Gasteiger charge is -2.34. The number of hydrogen-bond donors (Lipinski definition) is 1. The second-order valence-corrected chi connectivity index (χ2v) is 6.42. The van der Waals surface area contributed by atoms with Crippen molar-refractivity contribution in [2.24, 2.45) is 0 Å². The van der Waals surface area contributed by atoms with Gasteiger partial charge in [-0.25, -0.2) is 0 Å². The van der Waals surface area contributed by atoms with E-state index in [-0.39, 0.29) is 0 Å². The van der Waals surface area contributed by atoms with E-state index < -0.39 is 0 Å². The zero-order chi connectivity index (χ0) is 15.2. The van der Waals surface area contributed by atoms with Gasteiger partial charge in [0.05, 0.1) is 32.7 Å². The predicted molar refractivity (Wildman–Crippen MR) is 93.7 cm³/mol. The zero-order valence-electron chi connectivity index (χ0n) is 13.5. The third-order valence-corrected chi connectivity index (χ3v) is 4.89. The number of nitrogens with one attached hydrogen (secondary N) is 1. The van der Waals surface area contributed by atoms with Gasteiger partial charge in [-0.2, -0.15) is 0 Å². The van der Waals surface area contributed by atoms with E-state index in [0.717, 1.165) is 0 Å². The summed E-state index contributed by atoms with van der Waals surface area (Å²) in [5.41, 5.74) is 2.85. The van der Waals surface area contributed by atoms with E-state index in [1.165, 1.54) is 50.4 Å². The molecule has 2 aromatic rings. The Bertz CT molecular complexity index is 544. The Labute approximate surface area is 134 Å². The summed E-state index contributed by atoms with van der Waals surface area (Å²) in [6, 6.07) is 21.7. The van der Waals surface area contributed by atoms with Crippen molar-refractivity contribution < 1.29 is 4.90 Å². The minimum Gasteiger partial charge on any atom is -0.360 e. The van der Waals surface area contributed by atoms with Crippen molar-refractivity contribution in [3.8, 4) is 0 Å². The highest BCUT2D eigenvalue weighted by molar-refractivity contribution is 5.46. The van der Waals surface area contributed by atoms with Crippen molar-refractivity contribution in [1.82, 2.24) is 0 Å². The van der Waals surface area contributed by atoms with Gasteiger partial charge in [0.1, 0.15) is 0 Å². The van der Waals surface area contributed by atoms with Gasteiger partial charge in [-0.3, -0.25) is 0 Å². The maximum Gasteiger partial charge on any atom is 0.0949 e. The Balaban J connectivity index is 1.44. The van der Waals surface area contributed by atoms with E-state index in [1.807, 2.05) is 0 Å². The number of anilines is 1. The Morgan fingerprint density at radius 1 is 0.909 bits per heavy atom. The molecule has 0 spiro atoms. The van der Waals surface area contributed by atoms with Crippen LogP contribution in [0.2, 0.25) is 0 Å². The van der Waals surface area contributed by atoms with Gasteiger partial charge >= 0.3 is 0 Å². The van der Waals surface area contributed by atoms with Crippen LogP contribution in [0.5, 0.6) is 0 Å². The average molecular weight is 295 g/mol. The highest BCUT2D eigenvalue weighted by Gasteiger charge is 2.20. The molecule has 0 saturated carbocycles. The van der Waals surface area contributed by atoms with Gasteiger partial charge in [0.25, 0.3) is 0 Å². The standard InChI is InChI=1S/C20H26N2/c1-18(19-8-4-2-5-9-19)12-13-21-14-16-22(17-15-21)20-10-6-3-7-11-20/h2-11,18H,12-17H2,1H3/p+1/t18-/m1/s1. The monoisotopic (exact) mass is 295 g/mol. The molecule has 1 N–H and O–H groups in total. The van der Waals surface area contributed by atoms with Crippen molar-refractivity contribution >= 4 is 5.69 Å². The number of piperazine rings is 1. The Morgan fingerprint density at radius 2 is 1.50 bits per heavy atom. The summed E-state index contributed by atoms with van der Waals surface area (Å²) < 4.78 is 0. The van der Waals surface area contributed by atoms with E-state index in [2.05, 4.69) is 72.5 Å². The van der Waals surface area contributed by atoms with Crippen molar-refractivity contribution in [2.75, 3.05) is 37.6 Å². The van der Waals surface area contributed by atoms with E-state index in [9.17, 15) is 0 Å². The predicted octanol–water partition coefficient (Wildman–Crippen LogP) is 2.59. The molecule has 1 aliphatic rings. The number of nitrogens with zero attached hydrogens (tertiary/aromatic N) is 1. The molecule has 2 aromatic carbocycles. The maximum absolute atomic E-state index is 2.52. The second kappa shape index (κ2) is 7.46. The Morgan fingerprint density at radius 3 is 2.14 bits per heavy atom. The van der Waals surface area contributed by atoms with Crippen LogP contribution in [0.1, 0.15) is 24.8 Å². The SMILES string of the molecule is C[C@H](CC[NH+]1CCN(c2ccccc2)CC1)c1ccccc1. The molecule has 1 heterocycles. The molecule has 0 radical (unpaired) electrons. The van der Waals surface area contributed by atoms with Gasteiger partial charge in [-0.1, -0.05) is 55.5 Å². The van der Waals surface area contributed by atoms with Crippen molar-refractivity contribution in [3.63, 3.8) is 0 Å². The molecule has 0 amide bonds. The molecule has 116 valence electrons. The molecule has 1 fully saturated rings. The number of para-hydroxylation sites is 1. The first-order valence-electron chi connectivity index (χ1n) is 8.51. The molecule has 0 aromatic heterocycles. The molecule has 1 aliphatic heterocycles. The minimum atomic E-state index is 0.667. The van der Waals surface area contributed by atoms with E-state index in [0.29, 0.717) is 5.92 Å². The van der Waals surface area contributed by atoms with Gasteiger partial charge in [0.2, 0.25) is 0 Å². The van der Waals surface area contributed by atoms with Gasteiger partial charge in [0, 0.05) is 12.1 Å². The first-order valence-corrected chi connectivity index (χ1v) is 8.51. The van der Waals surface area contributed by atoms with Crippen molar-refractivity contribution in [1.29, 1.82) is 0 Å². The van der Waals surface area contributed by atoms with Crippen LogP contribution in [-0.4, -0.2) is 32.7 Å². The molecular formula is C20H27N2+. The van der Waals surface area contributed by atoms with Crippen LogP contribution in [0.3, 0.4) is 0 Å². The summed E-state index contributed by atoms with van der Waals surface area (Å²) in [5, 5.41) is 0. The summed E-state index contributed by atoms with van der Waals surface area (Å²) >= 11 is 0. The summed E-state index contributed by atoms with van der Waals surface area (Å²) in [6.07, 6.45) is 1.28. The third kappa shape index (κ3) is 3.89. The molecule has 2 heteroatoms. The molecule has 0 unspecified atom stereocenters. The fourth-order valence-corrected chi connectivity index (χ4v) is 3.34. The number of benzene rings is 2. The fraction of sp³-hybridized carbons (Fsp3) is 0.400. The number of hydrogen-bond acceptors (Lipinski definition) is 1. The first kappa shape index (κ1) is 15.1. The largest absolute Gasteiger partial charge is 0.360 e.